The van der Waals surface area contributed by atoms with Gasteiger partial charge in [-0.1, -0.05) is 53.3 Å². The third-order valence-corrected chi connectivity index (χ3v) is 5.57. The average Bonchev–Trinajstić information content (AvgIpc) is 3.35. The molecule has 0 atom stereocenters. The Morgan fingerprint density at radius 1 is 1.03 bits per heavy atom. The van der Waals surface area contributed by atoms with Gasteiger partial charge in [0.2, 0.25) is 5.91 Å². The first-order valence-electron chi connectivity index (χ1n) is 9.45. The van der Waals surface area contributed by atoms with Gasteiger partial charge >= 0.3 is 0 Å². The van der Waals surface area contributed by atoms with Crippen LogP contribution >= 0.6 is 11.8 Å². The van der Waals surface area contributed by atoms with E-state index < -0.39 is 0 Å². The van der Waals surface area contributed by atoms with E-state index in [9.17, 15) is 4.79 Å². The van der Waals surface area contributed by atoms with Gasteiger partial charge in [0.05, 0.1) is 11.4 Å². The zero-order valence-corrected chi connectivity index (χ0v) is 17.7. The standard InChI is InChI=1S/C22H21N5O2S/c1-14-9-10-18(11-15(14)2)27-21(17-7-5-4-6-8-17)24-25-22(27)30-13-20(28)23-19-12-16(3)29-26-19/h4-12H,13H2,1-3H3,(H,23,26,28). The number of benzene rings is 2. The number of carbonyl (C=O) groups is 1. The third-order valence-electron chi connectivity index (χ3n) is 4.64. The van der Waals surface area contributed by atoms with E-state index in [1.165, 1.54) is 22.9 Å². The van der Waals surface area contributed by atoms with E-state index in [2.05, 4.69) is 46.7 Å². The fourth-order valence-electron chi connectivity index (χ4n) is 2.97. The molecule has 0 saturated carbocycles. The number of aromatic nitrogens is 4. The molecular formula is C22H21N5O2S. The first-order valence-corrected chi connectivity index (χ1v) is 10.4. The number of hydrogen-bond donors (Lipinski definition) is 1. The first-order chi connectivity index (χ1) is 14.5. The molecule has 0 aliphatic heterocycles. The fourth-order valence-corrected chi connectivity index (χ4v) is 3.72. The Bertz CT molecular complexity index is 1180. The van der Waals surface area contributed by atoms with Crippen molar-refractivity contribution in [1.29, 1.82) is 0 Å². The van der Waals surface area contributed by atoms with Crippen LogP contribution in [0.1, 0.15) is 16.9 Å². The predicted octanol–water partition coefficient (Wildman–Crippen LogP) is 4.58. The van der Waals surface area contributed by atoms with E-state index in [0.717, 1.165) is 17.1 Å². The monoisotopic (exact) mass is 419 g/mol. The Kier molecular flexibility index (Phi) is 5.67. The van der Waals surface area contributed by atoms with Gasteiger partial charge in [0.25, 0.3) is 0 Å². The maximum absolute atomic E-state index is 12.3. The molecule has 2 heterocycles. The second-order valence-corrected chi connectivity index (χ2v) is 7.88. The average molecular weight is 420 g/mol. The van der Waals surface area contributed by atoms with Crippen LogP contribution in [0.2, 0.25) is 0 Å². The van der Waals surface area contributed by atoms with Crippen LogP contribution in [0.4, 0.5) is 5.82 Å². The Labute approximate surface area is 178 Å². The van der Waals surface area contributed by atoms with Crippen molar-refractivity contribution < 1.29 is 9.32 Å². The van der Waals surface area contributed by atoms with E-state index in [4.69, 9.17) is 4.52 Å². The molecule has 1 amide bonds. The topological polar surface area (TPSA) is 85.8 Å². The van der Waals surface area contributed by atoms with E-state index in [-0.39, 0.29) is 11.7 Å². The molecule has 4 rings (SSSR count). The summed E-state index contributed by atoms with van der Waals surface area (Å²) in [6, 6.07) is 17.8. The summed E-state index contributed by atoms with van der Waals surface area (Å²) in [5.74, 6) is 1.75. The number of aryl methyl sites for hydroxylation is 3. The summed E-state index contributed by atoms with van der Waals surface area (Å²) in [6.45, 7) is 5.93. The van der Waals surface area contributed by atoms with Gasteiger partial charge in [-0.15, -0.1) is 10.2 Å². The van der Waals surface area contributed by atoms with Gasteiger partial charge in [-0.3, -0.25) is 9.36 Å². The molecule has 0 spiro atoms. The largest absolute Gasteiger partial charge is 0.360 e. The number of rotatable bonds is 6. The van der Waals surface area contributed by atoms with Crippen molar-refractivity contribution in [3.05, 3.63) is 71.5 Å². The van der Waals surface area contributed by atoms with E-state index >= 15 is 0 Å². The van der Waals surface area contributed by atoms with Crippen molar-refractivity contribution in [3.8, 4) is 17.1 Å². The minimum atomic E-state index is -0.191. The zero-order valence-electron chi connectivity index (χ0n) is 16.9. The molecule has 0 aliphatic rings. The highest BCUT2D eigenvalue weighted by Gasteiger charge is 2.18. The number of anilines is 1. The molecule has 0 unspecified atom stereocenters. The van der Waals surface area contributed by atoms with E-state index in [1.54, 1.807) is 13.0 Å². The quantitative estimate of drug-likeness (QED) is 0.461. The van der Waals surface area contributed by atoms with Gasteiger partial charge in [0, 0.05) is 11.6 Å². The molecular weight excluding hydrogens is 398 g/mol. The maximum Gasteiger partial charge on any atom is 0.236 e. The lowest BCUT2D eigenvalue weighted by Gasteiger charge is -2.12. The Hall–Kier alpha value is -3.39. The van der Waals surface area contributed by atoms with Crippen LogP contribution in [-0.4, -0.2) is 31.6 Å². The second-order valence-electron chi connectivity index (χ2n) is 6.94. The lowest BCUT2D eigenvalue weighted by molar-refractivity contribution is -0.113. The van der Waals surface area contributed by atoms with Crippen LogP contribution in [-0.2, 0) is 4.79 Å². The molecule has 4 aromatic rings. The van der Waals surface area contributed by atoms with Gasteiger partial charge in [-0.2, -0.15) is 0 Å². The van der Waals surface area contributed by atoms with Crippen molar-refractivity contribution in [2.75, 3.05) is 11.1 Å². The molecule has 152 valence electrons. The number of thioether (sulfide) groups is 1. The number of nitrogens with zero attached hydrogens (tertiary/aromatic N) is 4. The minimum Gasteiger partial charge on any atom is -0.360 e. The molecule has 1 N–H and O–H groups in total. The fraction of sp³-hybridized carbons (Fsp3) is 0.182. The van der Waals surface area contributed by atoms with Gasteiger partial charge < -0.3 is 9.84 Å². The highest BCUT2D eigenvalue weighted by atomic mass is 32.2. The number of carbonyl (C=O) groups excluding carboxylic acids is 1. The molecule has 8 heteroatoms. The first kappa shape index (κ1) is 19.9. The summed E-state index contributed by atoms with van der Waals surface area (Å²) >= 11 is 1.32. The lowest BCUT2D eigenvalue weighted by atomic mass is 10.1. The molecule has 0 aliphatic carbocycles. The molecule has 0 fully saturated rings. The van der Waals surface area contributed by atoms with Crippen LogP contribution in [0.15, 0.2) is 64.3 Å². The summed E-state index contributed by atoms with van der Waals surface area (Å²) in [7, 11) is 0. The summed E-state index contributed by atoms with van der Waals surface area (Å²) < 4.78 is 6.97. The molecule has 0 saturated heterocycles. The molecule has 30 heavy (non-hydrogen) atoms. The molecule has 2 aromatic heterocycles. The van der Waals surface area contributed by atoms with E-state index in [1.807, 2.05) is 41.0 Å². The van der Waals surface area contributed by atoms with Crippen molar-refractivity contribution in [3.63, 3.8) is 0 Å². The Morgan fingerprint density at radius 3 is 2.53 bits per heavy atom. The van der Waals surface area contributed by atoms with Crippen molar-refractivity contribution in [2.45, 2.75) is 25.9 Å². The highest BCUT2D eigenvalue weighted by Crippen LogP contribution is 2.29. The number of nitrogens with one attached hydrogen (secondary N) is 1. The summed E-state index contributed by atoms with van der Waals surface area (Å²) in [5, 5.41) is 15.9. The van der Waals surface area contributed by atoms with Crippen LogP contribution in [0.5, 0.6) is 0 Å². The summed E-state index contributed by atoms with van der Waals surface area (Å²) in [6.07, 6.45) is 0. The number of amides is 1. The SMILES string of the molecule is Cc1cc(NC(=O)CSc2nnc(-c3ccccc3)n2-c2ccc(C)c(C)c2)no1. The molecule has 2 aromatic carbocycles. The number of hydrogen-bond acceptors (Lipinski definition) is 6. The smallest absolute Gasteiger partial charge is 0.236 e. The third kappa shape index (κ3) is 4.28. The zero-order chi connectivity index (χ0) is 21.1. The predicted molar refractivity (Wildman–Crippen MR) is 117 cm³/mol. The molecule has 0 radical (unpaired) electrons. The van der Waals surface area contributed by atoms with Crippen molar-refractivity contribution >= 4 is 23.5 Å². The van der Waals surface area contributed by atoms with Crippen LogP contribution in [0, 0.1) is 20.8 Å². The van der Waals surface area contributed by atoms with Crippen molar-refractivity contribution in [1.82, 2.24) is 19.9 Å². The normalized spacial score (nSPS) is 10.9. The van der Waals surface area contributed by atoms with Gasteiger partial charge in [-0.05, 0) is 44.0 Å². The van der Waals surface area contributed by atoms with Crippen molar-refractivity contribution in [2.24, 2.45) is 0 Å². The second kappa shape index (κ2) is 8.54. The lowest BCUT2D eigenvalue weighted by Crippen LogP contribution is -2.14. The Balaban J connectivity index is 1.63. The van der Waals surface area contributed by atoms with Crippen LogP contribution in [0.25, 0.3) is 17.1 Å². The van der Waals surface area contributed by atoms with Crippen LogP contribution < -0.4 is 5.32 Å². The van der Waals surface area contributed by atoms with E-state index in [0.29, 0.717) is 16.7 Å². The van der Waals surface area contributed by atoms with Crippen LogP contribution in [0.3, 0.4) is 0 Å². The van der Waals surface area contributed by atoms with Gasteiger partial charge in [0.1, 0.15) is 5.76 Å². The molecule has 0 bridgehead atoms. The Morgan fingerprint density at radius 2 is 1.83 bits per heavy atom. The minimum absolute atomic E-state index is 0.170. The van der Waals surface area contributed by atoms with Gasteiger partial charge in [0.15, 0.2) is 16.8 Å². The summed E-state index contributed by atoms with van der Waals surface area (Å²) in [4.78, 5) is 12.3. The van der Waals surface area contributed by atoms with Gasteiger partial charge in [-0.25, -0.2) is 0 Å². The summed E-state index contributed by atoms with van der Waals surface area (Å²) in [5.41, 5.74) is 4.30. The molecule has 7 nitrogen and oxygen atoms in total. The highest BCUT2D eigenvalue weighted by molar-refractivity contribution is 7.99. The maximum atomic E-state index is 12.3.